The molecule has 6 N–H and O–H groups in total. The Kier molecular flexibility index (Phi) is 14.8. The van der Waals surface area contributed by atoms with Gasteiger partial charge in [0.25, 0.3) is 0 Å². The van der Waals surface area contributed by atoms with Gasteiger partial charge in [-0.25, -0.2) is 0 Å². The molecular formula is C26H53N3. The maximum atomic E-state index is 6.09. The summed E-state index contributed by atoms with van der Waals surface area (Å²) >= 11 is 0. The molecule has 0 aromatic heterocycles. The summed E-state index contributed by atoms with van der Waals surface area (Å²) < 4.78 is 0. The van der Waals surface area contributed by atoms with Crippen molar-refractivity contribution in [2.75, 3.05) is 6.54 Å². The van der Waals surface area contributed by atoms with Gasteiger partial charge in [0, 0.05) is 12.1 Å². The quantitative estimate of drug-likeness (QED) is 0.548. The Morgan fingerprint density at radius 3 is 1.41 bits per heavy atom. The highest BCUT2D eigenvalue weighted by atomic mass is 14.6. The summed E-state index contributed by atoms with van der Waals surface area (Å²) in [6, 6.07) is 11.1. The van der Waals surface area contributed by atoms with Gasteiger partial charge in [-0.2, -0.15) is 0 Å². The molecule has 0 aliphatic carbocycles. The van der Waals surface area contributed by atoms with Gasteiger partial charge < -0.3 is 17.2 Å². The molecule has 172 valence electrons. The van der Waals surface area contributed by atoms with E-state index in [1.165, 1.54) is 5.56 Å². The number of hydrogen-bond acceptors (Lipinski definition) is 3. The predicted octanol–water partition coefficient (Wildman–Crippen LogP) is 6.14. The monoisotopic (exact) mass is 407 g/mol. The van der Waals surface area contributed by atoms with Crippen molar-refractivity contribution < 1.29 is 0 Å². The van der Waals surface area contributed by atoms with Gasteiger partial charge in [-0.05, 0) is 61.0 Å². The molecule has 0 saturated heterocycles. The minimum Gasteiger partial charge on any atom is -0.330 e. The van der Waals surface area contributed by atoms with Crippen LogP contribution in [0.1, 0.15) is 94.1 Å². The zero-order valence-electron chi connectivity index (χ0n) is 21.3. The number of rotatable bonds is 5. The van der Waals surface area contributed by atoms with Crippen LogP contribution in [0, 0.1) is 16.2 Å². The van der Waals surface area contributed by atoms with Crippen LogP contribution < -0.4 is 17.2 Å². The first kappa shape index (κ1) is 30.3. The molecule has 0 spiro atoms. The first-order valence-electron chi connectivity index (χ1n) is 11.2. The van der Waals surface area contributed by atoms with Crippen LogP contribution in [0.5, 0.6) is 0 Å². The Labute approximate surface area is 183 Å². The van der Waals surface area contributed by atoms with Gasteiger partial charge in [-0.15, -0.1) is 0 Å². The number of benzene rings is 1. The topological polar surface area (TPSA) is 78.1 Å². The van der Waals surface area contributed by atoms with Crippen molar-refractivity contribution in [2.24, 2.45) is 33.4 Å². The zero-order chi connectivity index (χ0) is 23.3. The van der Waals surface area contributed by atoms with E-state index in [4.69, 9.17) is 17.2 Å². The highest BCUT2D eigenvalue weighted by molar-refractivity contribution is 5.15. The molecule has 0 radical (unpaired) electrons. The minimum absolute atomic E-state index is 0.275. The molecule has 0 amide bonds. The molecule has 3 nitrogen and oxygen atoms in total. The lowest BCUT2D eigenvalue weighted by Gasteiger charge is -2.23. The fraction of sp³-hybridized carbons (Fsp3) is 0.769. The van der Waals surface area contributed by atoms with Gasteiger partial charge in [0.05, 0.1) is 0 Å². The highest BCUT2D eigenvalue weighted by Crippen LogP contribution is 2.21. The van der Waals surface area contributed by atoms with E-state index in [0.717, 1.165) is 32.2 Å². The van der Waals surface area contributed by atoms with E-state index in [1.54, 1.807) is 0 Å². The second kappa shape index (κ2) is 14.2. The van der Waals surface area contributed by atoms with Crippen LogP contribution in [0.3, 0.4) is 0 Å². The van der Waals surface area contributed by atoms with Crippen molar-refractivity contribution in [3.63, 3.8) is 0 Å². The molecular weight excluding hydrogens is 354 g/mol. The fourth-order valence-electron chi connectivity index (χ4n) is 3.17. The van der Waals surface area contributed by atoms with Crippen molar-refractivity contribution in [2.45, 2.75) is 107 Å². The summed E-state index contributed by atoms with van der Waals surface area (Å²) in [6.45, 7) is 22.8. The first-order valence-corrected chi connectivity index (χ1v) is 11.2. The van der Waals surface area contributed by atoms with Gasteiger partial charge in [-0.3, -0.25) is 0 Å². The van der Waals surface area contributed by atoms with Crippen LogP contribution in [-0.2, 0) is 6.42 Å². The van der Waals surface area contributed by atoms with E-state index >= 15 is 0 Å². The first-order chi connectivity index (χ1) is 12.9. The van der Waals surface area contributed by atoms with Crippen molar-refractivity contribution >= 4 is 0 Å². The van der Waals surface area contributed by atoms with Gasteiger partial charge in [-0.1, -0.05) is 92.6 Å². The molecule has 3 heteroatoms. The Morgan fingerprint density at radius 2 is 1.17 bits per heavy atom. The summed E-state index contributed by atoms with van der Waals surface area (Å²) in [4.78, 5) is 0. The molecule has 29 heavy (non-hydrogen) atoms. The lowest BCUT2D eigenvalue weighted by Crippen LogP contribution is -2.28. The van der Waals surface area contributed by atoms with Crippen LogP contribution in [0.2, 0.25) is 0 Å². The smallest absolute Gasteiger partial charge is 0.00843 e. The summed E-state index contributed by atoms with van der Waals surface area (Å²) in [5, 5.41) is 0. The summed E-state index contributed by atoms with van der Waals surface area (Å²) in [7, 11) is 0. The Bertz CT molecular complexity index is 487. The number of nitrogens with two attached hydrogens (primary N) is 3. The van der Waals surface area contributed by atoms with Crippen LogP contribution in [0.4, 0.5) is 0 Å². The van der Waals surface area contributed by atoms with Crippen molar-refractivity contribution in [3.8, 4) is 0 Å². The average molecular weight is 408 g/mol. The molecule has 0 fully saturated rings. The van der Waals surface area contributed by atoms with Crippen molar-refractivity contribution in [1.82, 2.24) is 0 Å². The molecule has 0 bridgehead atoms. The van der Waals surface area contributed by atoms with Crippen molar-refractivity contribution in [1.29, 1.82) is 0 Å². The average Bonchev–Trinajstić information content (AvgIpc) is 2.43. The maximum Gasteiger partial charge on any atom is 0.00843 e. The van der Waals surface area contributed by atoms with Gasteiger partial charge in [0.2, 0.25) is 0 Å². The molecule has 1 aromatic carbocycles. The second-order valence-corrected chi connectivity index (χ2v) is 12.1. The summed E-state index contributed by atoms with van der Waals surface area (Å²) in [5.41, 5.74) is 19.5. The number of hydrogen-bond donors (Lipinski definition) is 3. The molecule has 0 saturated carbocycles. The van der Waals surface area contributed by atoms with Gasteiger partial charge >= 0.3 is 0 Å². The third-order valence-corrected chi connectivity index (χ3v) is 4.04. The van der Waals surface area contributed by atoms with E-state index < -0.39 is 0 Å². The third kappa shape index (κ3) is 27.1. The summed E-state index contributed by atoms with van der Waals surface area (Å²) in [5.74, 6) is 0. The Morgan fingerprint density at radius 1 is 0.724 bits per heavy atom. The molecule has 2 atom stereocenters. The lowest BCUT2D eigenvalue weighted by molar-refractivity contribution is 0.338. The molecule has 1 rings (SSSR count). The van der Waals surface area contributed by atoms with Crippen LogP contribution in [0.25, 0.3) is 0 Å². The Balaban J connectivity index is 0. The molecule has 0 aliphatic heterocycles. The highest BCUT2D eigenvalue weighted by Gasteiger charge is 2.15. The van der Waals surface area contributed by atoms with E-state index in [0.29, 0.717) is 22.3 Å². The maximum absolute atomic E-state index is 6.09. The van der Waals surface area contributed by atoms with E-state index in [1.807, 2.05) is 13.0 Å². The van der Waals surface area contributed by atoms with E-state index in [2.05, 4.69) is 86.6 Å². The predicted molar refractivity (Wildman–Crippen MR) is 133 cm³/mol. The third-order valence-electron chi connectivity index (χ3n) is 4.04. The van der Waals surface area contributed by atoms with Gasteiger partial charge in [0.15, 0.2) is 0 Å². The van der Waals surface area contributed by atoms with Crippen LogP contribution >= 0.6 is 0 Å². The SMILES string of the molecule is CC(C)(C)CCN.CC(C)(C)C[C@@H](N)Cc1ccccc1.C[C@H](N)CC(C)(C)C. The minimum atomic E-state index is 0.275. The second-order valence-electron chi connectivity index (χ2n) is 12.1. The van der Waals surface area contributed by atoms with Gasteiger partial charge in [0.1, 0.15) is 0 Å². The van der Waals surface area contributed by atoms with E-state index in [-0.39, 0.29) is 6.04 Å². The molecule has 0 unspecified atom stereocenters. The Hall–Kier alpha value is -0.900. The zero-order valence-corrected chi connectivity index (χ0v) is 21.3. The fourth-order valence-corrected chi connectivity index (χ4v) is 3.17. The lowest BCUT2D eigenvalue weighted by atomic mass is 9.86. The van der Waals surface area contributed by atoms with Crippen molar-refractivity contribution in [3.05, 3.63) is 35.9 Å². The summed E-state index contributed by atoms with van der Waals surface area (Å²) in [6.07, 6.45) is 4.28. The van der Waals surface area contributed by atoms with E-state index in [9.17, 15) is 0 Å². The van der Waals surface area contributed by atoms with Crippen LogP contribution in [0.15, 0.2) is 30.3 Å². The largest absolute Gasteiger partial charge is 0.330 e. The van der Waals surface area contributed by atoms with Crippen LogP contribution in [-0.4, -0.2) is 18.6 Å². The molecule has 0 heterocycles. The standard InChI is InChI=1S/C13H21N.C7H17N.C6H15N/c1-13(2,3)10-12(14)9-11-7-5-4-6-8-11;1-6(8)5-7(2,3)4;1-6(2,3)4-5-7/h4-8,12H,9-10,14H2,1-3H3;6H,5,8H2,1-4H3;4-5,7H2,1-3H3/t12-;6-;/m00./s1. The molecule has 1 aromatic rings. The molecule has 0 aliphatic rings. The normalized spacial score (nSPS) is 14.1.